The number of benzene rings is 2. The van der Waals surface area contributed by atoms with E-state index in [9.17, 15) is 4.39 Å². The van der Waals surface area contributed by atoms with E-state index in [1.165, 1.54) is 16.8 Å². The van der Waals surface area contributed by atoms with Gasteiger partial charge in [-0.25, -0.2) is 9.49 Å². The molecule has 1 heterocycles. The Hall–Kier alpha value is -2.32. The van der Waals surface area contributed by atoms with E-state index >= 15 is 0 Å². The molecule has 24 heavy (non-hydrogen) atoms. The minimum absolute atomic E-state index is 0.318. The lowest BCUT2D eigenvalue weighted by atomic mass is 10.2. The van der Waals surface area contributed by atoms with Gasteiger partial charge in [0.05, 0.1) is 13.3 Å². The van der Waals surface area contributed by atoms with Crippen LogP contribution in [-0.2, 0) is 0 Å². The van der Waals surface area contributed by atoms with Crippen molar-refractivity contribution in [3.8, 4) is 17.1 Å². The van der Waals surface area contributed by atoms with Gasteiger partial charge in [-0.2, -0.15) is 14.9 Å². The number of hydrogen-bond acceptors (Lipinski definition) is 4. The van der Waals surface area contributed by atoms with Crippen molar-refractivity contribution in [3.05, 3.63) is 63.1 Å². The van der Waals surface area contributed by atoms with Gasteiger partial charge in [0.2, 0.25) is 4.77 Å². The molecule has 2 aromatic carbocycles. The smallest absolute Gasteiger partial charge is 0.216 e. The highest BCUT2D eigenvalue weighted by atomic mass is 79.9. The highest BCUT2D eigenvalue weighted by Crippen LogP contribution is 2.22. The second-order valence-electron chi connectivity index (χ2n) is 4.80. The summed E-state index contributed by atoms with van der Waals surface area (Å²) in [6, 6.07) is 11.5. The van der Waals surface area contributed by atoms with E-state index in [0.717, 1.165) is 10.0 Å². The normalized spacial score (nSPS) is 11.1. The Balaban J connectivity index is 2.02. The van der Waals surface area contributed by atoms with E-state index < -0.39 is 0 Å². The zero-order valence-corrected chi connectivity index (χ0v) is 14.9. The Labute approximate surface area is 150 Å². The summed E-state index contributed by atoms with van der Waals surface area (Å²) in [4.78, 5) is 0. The van der Waals surface area contributed by atoms with E-state index in [4.69, 9.17) is 17.0 Å². The third-order valence-corrected chi connectivity index (χ3v) is 4.01. The summed E-state index contributed by atoms with van der Waals surface area (Å²) in [6.45, 7) is 0. The van der Waals surface area contributed by atoms with Gasteiger partial charge in [-0.1, -0.05) is 15.9 Å². The maximum atomic E-state index is 13.1. The van der Waals surface area contributed by atoms with E-state index in [1.54, 1.807) is 25.5 Å². The Morgan fingerprint density at radius 2 is 2.04 bits per heavy atom. The van der Waals surface area contributed by atoms with E-state index in [2.05, 4.69) is 31.2 Å². The average molecular weight is 407 g/mol. The average Bonchev–Trinajstić information content (AvgIpc) is 2.94. The van der Waals surface area contributed by atoms with Crippen molar-refractivity contribution >= 4 is 34.4 Å². The van der Waals surface area contributed by atoms with Gasteiger partial charge in [0.15, 0.2) is 5.82 Å². The lowest BCUT2D eigenvalue weighted by Crippen LogP contribution is -1.97. The highest BCUT2D eigenvalue weighted by Gasteiger charge is 2.09. The molecule has 0 radical (unpaired) electrons. The predicted octanol–water partition coefficient (Wildman–Crippen LogP) is 4.40. The van der Waals surface area contributed by atoms with Gasteiger partial charge in [-0.3, -0.25) is 0 Å². The first-order valence-electron chi connectivity index (χ1n) is 6.90. The summed E-state index contributed by atoms with van der Waals surface area (Å²) < 4.78 is 21.1. The molecule has 122 valence electrons. The highest BCUT2D eigenvalue weighted by molar-refractivity contribution is 9.10. The Kier molecular flexibility index (Phi) is 4.86. The lowest BCUT2D eigenvalue weighted by molar-refractivity contribution is 0.414. The number of H-pyrrole nitrogens is 1. The summed E-state index contributed by atoms with van der Waals surface area (Å²) >= 11 is 8.64. The molecule has 0 aliphatic carbocycles. The van der Waals surface area contributed by atoms with Crippen molar-refractivity contribution in [2.24, 2.45) is 5.10 Å². The molecule has 0 amide bonds. The van der Waals surface area contributed by atoms with Crippen LogP contribution in [0.4, 0.5) is 4.39 Å². The molecule has 3 rings (SSSR count). The van der Waals surface area contributed by atoms with Gasteiger partial charge >= 0.3 is 0 Å². The van der Waals surface area contributed by atoms with Gasteiger partial charge in [0.25, 0.3) is 0 Å². The SMILES string of the molecule is COc1ccc(Br)cc1C=Nn1c(-c2ccc(F)cc2)n[nH]c1=S. The van der Waals surface area contributed by atoms with Crippen LogP contribution in [0.1, 0.15) is 5.56 Å². The number of aromatic nitrogens is 3. The van der Waals surface area contributed by atoms with Crippen molar-refractivity contribution in [1.82, 2.24) is 14.9 Å². The van der Waals surface area contributed by atoms with Crippen LogP contribution in [0.2, 0.25) is 0 Å². The van der Waals surface area contributed by atoms with E-state index in [0.29, 0.717) is 21.9 Å². The summed E-state index contributed by atoms with van der Waals surface area (Å²) in [5.74, 6) is 0.854. The first-order chi connectivity index (χ1) is 11.6. The lowest BCUT2D eigenvalue weighted by Gasteiger charge is -2.05. The molecular weight excluding hydrogens is 395 g/mol. The number of hydrogen-bond donors (Lipinski definition) is 1. The van der Waals surface area contributed by atoms with Crippen molar-refractivity contribution in [2.75, 3.05) is 7.11 Å². The Morgan fingerprint density at radius 3 is 2.75 bits per heavy atom. The van der Waals surface area contributed by atoms with Gasteiger partial charge in [-0.05, 0) is 54.7 Å². The maximum absolute atomic E-state index is 13.1. The van der Waals surface area contributed by atoms with E-state index in [-0.39, 0.29) is 5.82 Å². The predicted molar refractivity (Wildman–Crippen MR) is 96.5 cm³/mol. The number of nitrogens with one attached hydrogen (secondary N) is 1. The van der Waals surface area contributed by atoms with Crippen LogP contribution < -0.4 is 4.74 Å². The molecule has 0 atom stereocenters. The second kappa shape index (κ2) is 7.06. The summed E-state index contributed by atoms with van der Waals surface area (Å²) in [7, 11) is 1.59. The standard InChI is InChI=1S/C16H12BrFN4OS/c1-23-14-7-4-12(17)8-11(14)9-19-22-15(20-21-16(22)24)10-2-5-13(18)6-3-10/h2-9H,1H3,(H,21,24). The van der Waals surface area contributed by atoms with Crippen LogP contribution in [0.15, 0.2) is 52.0 Å². The number of halogens is 2. The molecule has 0 fully saturated rings. The third-order valence-electron chi connectivity index (χ3n) is 3.26. The quantitative estimate of drug-likeness (QED) is 0.515. The topological polar surface area (TPSA) is 55.2 Å². The van der Waals surface area contributed by atoms with Crippen LogP contribution in [0.25, 0.3) is 11.4 Å². The second-order valence-corrected chi connectivity index (χ2v) is 6.10. The molecule has 0 bridgehead atoms. The monoisotopic (exact) mass is 406 g/mol. The van der Waals surface area contributed by atoms with Crippen LogP contribution >= 0.6 is 28.1 Å². The number of nitrogens with zero attached hydrogens (tertiary/aromatic N) is 3. The zero-order valence-electron chi connectivity index (χ0n) is 12.5. The van der Waals surface area contributed by atoms with Crippen molar-refractivity contribution in [3.63, 3.8) is 0 Å². The van der Waals surface area contributed by atoms with Gasteiger partial charge < -0.3 is 4.74 Å². The van der Waals surface area contributed by atoms with Gasteiger partial charge in [0, 0.05) is 15.6 Å². The molecule has 0 aliphatic rings. The fraction of sp³-hybridized carbons (Fsp3) is 0.0625. The molecule has 0 spiro atoms. The Bertz CT molecular complexity index is 949. The number of methoxy groups -OCH3 is 1. The molecule has 0 aliphatic heterocycles. The van der Waals surface area contributed by atoms with Gasteiger partial charge in [0.1, 0.15) is 11.6 Å². The minimum Gasteiger partial charge on any atom is -0.496 e. The van der Waals surface area contributed by atoms with Gasteiger partial charge in [-0.15, -0.1) is 0 Å². The first-order valence-corrected chi connectivity index (χ1v) is 8.10. The van der Waals surface area contributed by atoms with Crippen molar-refractivity contribution < 1.29 is 9.13 Å². The Morgan fingerprint density at radius 1 is 1.29 bits per heavy atom. The number of ether oxygens (including phenoxy) is 1. The number of rotatable bonds is 4. The molecule has 5 nitrogen and oxygen atoms in total. The largest absolute Gasteiger partial charge is 0.496 e. The maximum Gasteiger partial charge on any atom is 0.216 e. The first kappa shape index (κ1) is 16.5. The minimum atomic E-state index is -0.318. The summed E-state index contributed by atoms with van der Waals surface area (Å²) in [6.07, 6.45) is 1.63. The molecule has 3 aromatic rings. The molecule has 1 N–H and O–H groups in total. The fourth-order valence-electron chi connectivity index (χ4n) is 2.11. The van der Waals surface area contributed by atoms with Crippen LogP contribution in [0, 0.1) is 10.6 Å². The zero-order chi connectivity index (χ0) is 17.1. The summed E-state index contributed by atoms with van der Waals surface area (Å²) in [5, 5.41) is 11.2. The number of aromatic amines is 1. The molecule has 0 unspecified atom stereocenters. The van der Waals surface area contributed by atoms with Crippen molar-refractivity contribution in [2.45, 2.75) is 0 Å². The molecule has 1 aromatic heterocycles. The molecule has 0 saturated heterocycles. The van der Waals surface area contributed by atoms with Crippen LogP contribution in [0.5, 0.6) is 5.75 Å². The third kappa shape index (κ3) is 3.44. The van der Waals surface area contributed by atoms with Crippen molar-refractivity contribution in [1.29, 1.82) is 0 Å². The summed E-state index contributed by atoms with van der Waals surface area (Å²) in [5.41, 5.74) is 1.47. The van der Waals surface area contributed by atoms with Crippen LogP contribution in [-0.4, -0.2) is 28.2 Å². The molecular formula is C16H12BrFN4OS. The molecule has 0 saturated carbocycles. The molecule has 8 heteroatoms. The fourth-order valence-corrected chi connectivity index (χ4v) is 2.67. The van der Waals surface area contributed by atoms with Crippen LogP contribution in [0.3, 0.4) is 0 Å². The van der Waals surface area contributed by atoms with E-state index in [1.807, 2.05) is 18.2 Å².